The van der Waals surface area contributed by atoms with Crippen LogP contribution >= 0.6 is 23.2 Å². The first-order valence-corrected chi connectivity index (χ1v) is 9.56. The molecular formula is C21H15Cl2N3O5. The molecule has 0 aliphatic heterocycles. The highest BCUT2D eigenvalue weighted by Gasteiger charge is 2.10. The van der Waals surface area contributed by atoms with Crippen LogP contribution in [-0.2, 0) is 6.61 Å². The van der Waals surface area contributed by atoms with E-state index >= 15 is 0 Å². The molecule has 0 spiro atoms. The summed E-state index contributed by atoms with van der Waals surface area (Å²) in [6, 6.07) is 14.9. The normalized spacial score (nSPS) is 10.8. The summed E-state index contributed by atoms with van der Waals surface area (Å²) >= 11 is 12.0. The summed E-state index contributed by atoms with van der Waals surface area (Å²) in [5.74, 6) is -0.174. The van der Waals surface area contributed by atoms with Crippen molar-refractivity contribution in [3.05, 3.63) is 97.5 Å². The van der Waals surface area contributed by atoms with Gasteiger partial charge < -0.3 is 9.84 Å². The molecule has 0 saturated carbocycles. The number of carbonyl (C=O) groups is 1. The number of halogens is 2. The van der Waals surface area contributed by atoms with Gasteiger partial charge in [0.15, 0.2) is 0 Å². The van der Waals surface area contributed by atoms with Crippen molar-refractivity contribution >= 4 is 41.0 Å². The number of carbonyl (C=O) groups excluding carboxylic acids is 1. The number of hydrazone groups is 1. The maximum Gasteiger partial charge on any atom is 0.271 e. The van der Waals surface area contributed by atoms with Crippen LogP contribution in [0.1, 0.15) is 21.5 Å². The Morgan fingerprint density at radius 3 is 2.55 bits per heavy atom. The third kappa shape index (κ3) is 5.94. The summed E-state index contributed by atoms with van der Waals surface area (Å²) in [6.45, 7) is 0.235. The molecule has 31 heavy (non-hydrogen) atoms. The Bertz CT molecular complexity index is 1150. The summed E-state index contributed by atoms with van der Waals surface area (Å²) in [5.41, 5.74) is 3.27. The molecule has 3 aromatic rings. The minimum absolute atomic E-state index is 0.0964. The molecule has 158 valence electrons. The van der Waals surface area contributed by atoms with E-state index in [1.807, 2.05) is 0 Å². The van der Waals surface area contributed by atoms with E-state index in [0.29, 0.717) is 21.4 Å². The maximum absolute atomic E-state index is 12.2. The summed E-state index contributed by atoms with van der Waals surface area (Å²) in [5, 5.41) is 25.3. The van der Waals surface area contributed by atoms with Crippen LogP contribution in [0.15, 0.2) is 65.8 Å². The van der Waals surface area contributed by atoms with Crippen LogP contribution in [0.3, 0.4) is 0 Å². The average molecular weight is 460 g/mol. The molecule has 0 radical (unpaired) electrons. The van der Waals surface area contributed by atoms with Crippen LogP contribution in [0.2, 0.25) is 10.0 Å². The van der Waals surface area contributed by atoms with Gasteiger partial charge in [-0.3, -0.25) is 14.9 Å². The zero-order valence-corrected chi connectivity index (χ0v) is 17.3. The van der Waals surface area contributed by atoms with E-state index in [1.54, 1.807) is 42.5 Å². The maximum atomic E-state index is 12.2. The molecule has 2 N–H and O–H groups in total. The predicted octanol–water partition coefficient (Wildman–Crippen LogP) is 4.95. The number of phenols is 1. The Morgan fingerprint density at radius 1 is 1.13 bits per heavy atom. The van der Waals surface area contributed by atoms with E-state index in [2.05, 4.69) is 10.5 Å². The summed E-state index contributed by atoms with van der Waals surface area (Å²) in [6.07, 6.45) is 1.12. The zero-order chi connectivity index (χ0) is 22.4. The lowest BCUT2D eigenvalue weighted by molar-refractivity contribution is -0.384. The number of aromatic hydroxyl groups is 1. The first-order chi connectivity index (χ1) is 14.8. The number of nitro groups is 1. The number of amides is 1. The zero-order valence-electron chi connectivity index (χ0n) is 15.8. The number of phenolic OH excluding ortho intramolecular Hbond substituents is 1. The van der Waals surface area contributed by atoms with Crippen molar-refractivity contribution in [2.75, 3.05) is 0 Å². The van der Waals surface area contributed by atoms with Crippen molar-refractivity contribution in [3.8, 4) is 11.5 Å². The number of hydrogen-bond acceptors (Lipinski definition) is 6. The lowest BCUT2D eigenvalue weighted by Crippen LogP contribution is -2.17. The smallest absolute Gasteiger partial charge is 0.271 e. The van der Waals surface area contributed by atoms with Crippen LogP contribution in [-0.4, -0.2) is 22.2 Å². The monoisotopic (exact) mass is 459 g/mol. The van der Waals surface area contributed by atoms with Gasteiger partial charge in [-0.05, 0) is 42.5 Å². The number of non-ortho nitro benzene ring substituents is 1. The molecule has 0 heterocycles. The fourth-order valence-corrected chi connectivity index (χ4v) is 2.95. The fraction of sp³-hybridized carbons (Fsp3) is 0.0476. The van der Waals surface area contributed by atoms with Crippen LogP contribution < -0.4 is 10.2 Å². The van der Waals surface area contributed by atoms with E-state index in [-0.39, 0.29) is 23.6 Å². The second-order valence-electron chi connectivity index (χ2n) is 6.25. The number of hydrogen-bond donors (Lipinski definition) is 2. The molecule has 0 aliphatic rings. The van der Waals surface area contributed by atoms with Gasteiger partial charge in [-0.15, -0.1) is 0 Å². The largest absolute Gasteiger partial charge is 0.507 e. The van der Waals surface area contributed by atoms with Gasteiger partial charge in [0.05, 0.1) is 11.1 Å². The quantitative estimate of drug-likeness (QED) is 0.294. The van der Waals surface area contributed by atoms with E-state index in [4.69, 9.17) is 27.9 Å². The van der Waals surface area contributed by atoms with Gasteiger partial charge in [-0.25, -0.2) is 5.43 Å². The molecule has 0 fully saturated rings. The first kappa shape index (κ1) is 22.1. The minimum Gasteiger partial charge on any atom is -0.507 e. The SMILES string of the molecule is O=C(N/N=C\c1cc([N+](=O)[O-])ccc1O)c1ccc(OCc2ccc(Cl)cc2Cl)cc1. The van der Waals surface area contributed by atoms with Gasteiger partial charge in [0.2, 0.25) is 0 Å². The summed E-state index contributed by atoms with van der Waals surface area (Å²) in [4.78, 5) is 22.4. The topological polar surface area (TPSA) is 114 Å². The van der Waals surface area contributed by atoms with Crippen LogP contribution in [0.4, 0.5) is 5.69 Å². The van der Waals surface area contributed by atoms with E-state index in [9.17, 15) is 20.0 Å². The molecule has 0 bridgehead atoms. The number of nitrogens with one attached hydrogen (secondary N) is 1. The molecule has 10 heteroatoms. The van der Waals surface area contributed by atoms with Crippen molar-refractivity contribution in [1.29, 1.82) is 0 Å². The van der Waals surface area contributed by atoms with Crippen LogP contribution in [0.25, 0.3) is 0 Å². The van der Waals surface area contributed by atoms with Gasteiger partial charge in [0.1, 0.15) is 18.1 Å². The van der Waals surface area contributed by atoms with E-state index in [1.165, 1.54) is 6.07 Å². The van der Waals surface area contributed by atoms with E-state index < -0.39 is 10.8 Å². The molecule has 3 rings (SSSR count). The molecule has 1 amide bonds. The number of nitrogens with zero attached hydrogens (tertiary/aromatic N) is 2. The summed E-state index contributed by atoms with van der Waals surface area (Å²) < 4.78 is 5.66. The highest BCUT2D eigenvalue weighted by molar-refractivity contribution is 6.35. The number of benzene rings is 3. The number of rotatable bonds is 7. The van der Waals surface area contributed by atoms with Crippen LogP contribution in [0, 0.1) is 10.1 Å². The lowest BCUT2D eigenvalue weighted by Gasteiger charge is -2.08. The number of ether oxygens (including phenoxy) is 1. The molecule has 0 aromatic heterocycles. The van der Waals surface area contributed by atoms with E-state index in [0.717, 1.165) is 23.9 Å². The molecular weight excluding hydrogens is 445 g/mol. The van der Waals surface area contributed by atoms with Crippen molar-refractivity contribution < 1.29 is 19.6 Å². The standard InChI is InChI=1S/C21H15Cl2N3O5/c22-16-4-1-14(19(23)10-16)12-31-18-6-2-13(3-7-18)21(28)25-24-11-15-9-17(26(29)30)5-8-20(15)27/h1-11,27H,12H2,(H,25,28)/b24-11-. The Labute approximate surface area is 186 Å². The van der Waals surface area contributed by atoms with Crippen molar-refractivity contribution in [2.24, 2.45) is 5.10 Å². The third-order valence-electron chi connectivity index (χ3n) is 4.12. The van der Waals surface area contributed by atoms with Gasteiger partial charge in [-0.2, -0.15) is 5.10 Å². The molecule has 3 aromatic carbocycles. The van der Waals surface area contributed by atoms with Gasteiger partial charge in [0, 0.05) is 38.9 Å². The summed E-state index contributed by atoms with van der Waals surface area (Å²) in [7, 11) is 0. The molecule has 0 saturated heterocycles. The molecule has 0 aliphatic carbocycles. The fourth-order valence-electron chi connectivity index (χ4n) is 2.49. The van der Waals surface area contributed by atoms with Crippen LogP contribution in [0.5, 0.6) is 11.5 Å². The molecule has 8 nitrogen and oxygen atoms in total. The highest BCUT2D eigenvalue weighted by atomic mass is 35.5. The highest BCUT2D eigenvalue weighted by Crippen LogP contribution is 2.23. The Morgan fingerprint density at radius 2 is 1.87 bits per heavy atom. The number of nitro benzene ring substituents is 1. The Balaban J connectivity index is 1.58. The molecule has 0 atom stereocenters. The Hall–Kier alpha value is -3.62. The Kier molecular flexibility index (Phi) is 7.07. The molecule has 0 unspecified atom stereocenters. The second-order valence-corrected chi connectivity index (χ2v) is 7.09. The van der Waals surface area contributed by atoms with Crippen molar-refractivity contribution in [1.82, 2.24) is 5.43 Å². The van der Waals surface area contributed by atoms with Gasteiger partial charge >= 0.3 is 0 Å². The van der Waals surface area contributed by atoms with Gasteiger partial charge in [0.25, 0.3) is 11.6 Å². The average Bonchev–Trinajstić information content (AvgIpc) is 2.74. The first-order valence-electron chi connectivity index (χ1n) is 8.81. The van der Waals surface area contributed by atoms with Gasteiger partial charge in [-0.1, -0.05) is 29.3 Å². The second kappa shape index (κ2) is 9.92. The predicted molar refractivity (Wildman–Crippen MR) is 117 cm³/mol. The minimum atomic E-state index is -0.597. The van der Waals surface area contributed by atoms with Crippen molar-refractivity contribution in [3.63, 3.8) is 0 Å². The lowest BCUT2D eigenvalue weighted by atomic mass is 10.2. The van der Waals surface area contributed by atoms with Crippen molar-refractivity contribution in [2.45, 2.75) is 6.61 Å². The third-order valence-corrected chi connectivity index (χ3v) is 4.70.